The second kappa shape index (κ2) is 17.9. The highest BCUT2D eigenvalue weighted by Gasteiger charge is 2.33. The van der Waals surface area contributed by atoms with E-state index in [0.717, 1.165) is 94.0 Å². The number of carbonyl (C=O) groups is 3. The molecule has 336 valence electrons. The molecule has 16 nitrogen and oxygen atoms in total. The number of halogens is 2. The number of ether oxygens (including phenoxy) is 1. The summed E-state index contributed by atoms with van der Waals surface area (Å²) in [5.41, 5.74) is 2.52. The molecule has 2 N–H and O–H groups in total. The van der Waals surface area contributed by atoms with Crippen molar-refractivity contribution in [2.75, 3.05) is 42.9 Å². The van der Waals surface area contributed by atoms with Gasteiger partial charge in [0.1, 0.15) is 17.4 Å². The number of imidazole rings is 1. The second-order valence-corrected chi connectivity index (χ2v) is 18.2. The lowest BCUT2D eigenvalue weighted by Crippen LogP contribution is -2.45. The number of aryl methyl sites for hydroxylation is 2. The van der Waals surface area contributed by atoms with Gasteiger partial charge in [0.15, 0.2) is 11.3 Å². The zero-order chi connectivity index (χ0) is 43.9. The Balaban J connectivity index is 0.750. The summed E-state index contributed by atoms with van der Waals surface area (Å²) >= 11 is 0. The van der Waals surface area contributed by atoms with E-state index >= 15 is 0 Å². The Hall–Kier alpha value is -5.49. The van der Waals surface area contributed by atoms with Gasteiger partial charge in [-0.1, -0.05) is 18.6 Å². The number of piperidine rings is 2. The van der Waals surface area contributed by atoms with E-state index in [0.29, 0.717) is 42.8 Å². The molecular formula is C45H57F2N11O5. The van der Waals surface area contributed by atoms with Crippen molar-refractivity contribution in [2.24, 2.45) is 18.9 Å². The molecule has 1 saturated carbocycles. The molecule has 1 aliphatic carbocycles. The van der Waals surface area contributed by atoms with Crippen molar-refractivity contribution in [2.45, 2.75) is 115 Å². The highest BCUT2D eigenvalue weighted by atomic mass is 19.3. The van der Waals surface area contributed by atoms with Crippen LogP contribution in [0.3, 0.4) is 0 Å². The fourth-order valence-corrected chi connectivity index (χ4v) is 10.5. The molecule has 0 bridgehead atoms. The number of morpholine rings is 1. The number of amides is 3. The maximum absolute atomic E-state index is 14.3. The Morgan fingerprint density at radius 3 is 2.48 bits per heavy atom. The van der Waals surface area contributed by atoms with Gasteiger partial charge in [0.25, 0.3) is 12.3 Å². The number of fused-ring (bicyclic) bond motifs is 2. The van der Waals surface area contributed by atoms with Crippen molar-refractivity contribution in [3.05, 3.63) is 70.2 Å². The molecule has 3 aliphatic heterocycles. The number of aromatic nitrogens is 7. The molecule has 1 unspecified atom stereocenters. The predicted molar refractivity (Wildman–Crippen MR) is 232 cm³/mol. The monoisotopic (exact) mass is 869 g/mol. The first-order valence-electron chi connectivity index (χ1n) is 22.6. The van der Waals surface area contributed by atoms with Crippen molar-refractivity contribution in [1.29, 1.82) is 0 Å². The minimum Gasteiger partial charge on any atom is -0.372 e. The Labute approximate surface area is 363 Å². The van der Waals surface area contributed by atoms with Gasteiger partial charge in [0, 0.05) is 45.5 Å². The zero-order valence-corrected chi connectivity index (χ0v) is 36.2. The van der Waals surface area contributed by atoms with E-state index in [1.165, 1.54) is 10.7 Å². The van der Waals surface area contributed by atoms with Gasteiger partial charge in [0.05, 0.1) is 41.2 Å². The first-order valence-corrected chi connectivity index (χ1v) is 22.6. The molecule has 5 aromatic rings. The number of rotatable bonds is 12. The Kier molecular flexibility index (Phi) is 12.2. The number of hydrogen-bond acceptors (Lipinski definition) is 10. The second-order valence-electron chi connectivity index (χ2n) is 18.2. The van der Waals surface area contributed by atoms with E-state index in [9.17, 15) is 28.0 Å². The lowest BCUT2D eigenvalue weighted by Gasteiger charge is -2.36. The van der Waals surface area contributed by atoms with Gasteiger partial charge < -0.3 is 19.9 Å². The first kappa shape index (κ1) is 42.8. The molecule has 4 fully saturated rings. The molecule has 4 aromatic heterocycles. The molecule has 3 atom stereocenters. The lowest BCUT2D eigenvalue weighted by molar-refractivity contribution is -0.135. The normalized spacial score (nSPS) is 24.2. The molecule has 7 heterocycles. The van der Waals surface area contributed by atoms with Crippen molar-refractivity contribution in [1.82, 2.24) is 43.7 Å². The largest absolute Gasteiger partial charge is 0.372 e. The summed E-state index contributed by atoms with van der Waals surface area (Å²) in [5.74, 6) is 0.553. The van der Waals surface area contributed by atoms with Crippen LogP contribution in [0, 0.1) is 11.8 Å². The summed E-state index contributed by atoms with van der Waals surface area (Å²) in [6.45, 7) is 8.46. The number of alkyl halides is 2. The first-order chi connectivity index (χ1) is 30.4. The van der Waals surface area contributed by atoms with E-state index < -0.39 is 30.0 Å². The Morgan fingerprint density at radius 2 is 1.75 bits per heavy atom. The van der Waals surface area contributed by atoms with Gasteiger partial charge in [-0.15, -0.1) is 0 Å². The van der Waals surface area contributed by atoms with Crippen LogP contribution in [0.5, 0.6) is 0 Å². The van der Waals surface area contributed by atoms with Gasteiger partial charge in [0.2, 0.25) is 11.8 Å². The summed E-state index contributed by atoms with van der Waals surface area (Å²) in [5, 5.41) is 13.7. The third kappa shape index (κ3) is 8.88. The van der Waals surface area contributed by atoms with E-state index in [2.05, 4.69) is 36.7 Å². The van der Waals surface area contributed by atoms with Crippen molar-refractivity contribution in [3.8, 4) is 0 Å². The zero-order valence-electron chi connectivity index (χ0n) is 36.2. The smallest absolute Gasteiger partial charge is 0.329 e. The molecule has 0 spiro atoms. The summed E-state index contributed by atoms with van der Waals surface area (Å²) in [4.78, 5) is 60.7. The standard InChI is InChI=1S/C45H57F2N11O5/c1-27-23-55(24-28(2)63-27)37-18-21-56-42(50-37)33(22-48-56)43(60)49-34-26-57(52-39(34)41(46)47)32-12-10-30(11-13-32)25-54-19-16-29(17-20-54)6-4-7-31-8-5-9-35-40(31)53(3)45(62)58(35)36-14-15-38(59)51-44(36)61/h5,8-9,18,21-22,26-30,32,36,41H,4,6-7,10-17,19-20,23-25H2,1-3H3,(H,49,60)(H,51,59,61)/t27-,28-,30?,32?,36?/m1/s1. The number of likely N-dealkylation sites (tertiary alicyclic amines) is 1. The minimum absolute atomic E-state index is 0.00197. The average Bonchev–Trinajstić information content (AvgIpc) is 3.96. The maximum atomic E-state index is 14.3. The van der Waals surface area contributed by atoms with Crippen molar-refractivity contribution < 1.29 is 27.9 Å². The van der Waals surface area contributed by atoms with Gasteiger partial charge in [-0.2, -0.15) is 10.2 Å². The SMILES string of the molecule is C[C@@H]1CN(c2ccn3ncc(C(=O)Nc4cn(C5CCC(CN6CCC(CCCc7cccc8c7n(C)c(=O)n8C7CCC(=O)NC7=O)CC6)CC5)nc4C(F)F)c3n2)C[C@@H](C)O1. The van der Waals surface area contributed by atoms with Crippen LogP contribution in [0.2, 0.25) is 0 Å². The molecule has 0 radical (unpaired) electrons. The fourth-order valence-electron chi connectivity index (χ4n) is 10.5. The van der Waals surface area contributed by atoms with Crippen LogP contribution in [0.25, 0.3) is 16.7 Å². The van der Waals surface area contributed by atoms with E-state index in [4.69, 9.17) is 9.72 Å². The van der Waals surface area contributed by atoms with Gasteiger partial charge in [-0.25, -0.2) is 23.1 Å². The number of nitrogens with zero attached hydrogens (tertiary/aromatic N) is 9. The predicted octanol–water partition coefficient (Wildman–Crippen LogP) is 5.83. The maximum Gasteiger partial charge on any atom is 0.329 e. The summed E-state index contributed by atoms with van der Waals surface area (Å²) in [7, 11) is 1.75. The van der Waals surface area contributed by atoms with Crippen molar-refractivity contribution in [3.63, 3.8) is 0 Å². The number of anilines is 2. The lowest BCUT2D eigenvalue weighted by atomic mass is 9.84. The van der Waals surface area contributed by atoms with Gasteiger partial charge >= 0.3 is 5.69 Å². The molecule has 4 aliphatic rings. The molecule has 3 amide bonds. The topological polar surface area (TPSA) is 166 Å². The average molecular weight is 870 g/mol. The number of nitrogens with one attached hydrogen (secondary N) is 2. The quantitative estimate of drug-likeness (QED) is 0.146. The van der Waals surface area contributed by atoms with Crippen LogP contribution < -0.4 is 21.2 Å². The van der Waals surface area contributed by atoms with Crippen LogP contribution >= 0.6 is 0 Å². The Bertz CT molecular complexity index is 2540. The summed E-state index contributed by atoms with van der Waals surface area (Å²) in [6, 6.07) is 7.02. The van der Waals surface area contributed by atoms with Crippen LogP contribution in [0.4, 0.5) is 20.3 Å². The number of para-hydroxylation sites is 1. The van der Waals surface area contributed by atoms with Crippen LogP contribution in [-0.2, 0) is 27.8 Å². The third-order valence-corrected chi connectivity index (χ3v) is 13.7. The number of benzene rings is 1. The summed E-state index contributed by atoms with van der Waals surface area (Å²) in [6.07, 6.45) is 11.3. The molecule has 18 heteroatoms. The number of carbonyl (C=O) groups excluding carboxylic acids is 3. The molecule has 1 aromatic carbocycles. The van der Waals surface area contributed by atoms with Crippen LogP contribution in [0.15, 0.2) is 47.7 Å². The molecular weight excluding hydrogens is 813 g/mol. The number of imide groups is 1. The molecule has 63 heavy (non-hydrogen) atoms. The highest BCUT2D eigenvalue weighted by Crippen LogP contribution is 2.36. The van der Waals surface area contributed by atoms with E-state index in [1.54, 1.807) is 33.3 Å². The number of hydrogen-bond donors (Lipinski definition) is 2. The van der Waals surface area contributed by atoms with Crippen molar-refractivity contribution >= 4 is 45.9 Å². The Morgan fingerprint density at radius 1 is 0.984 bits per heavy atom. The van der Waals surface area contributed by atoms with Crippen LogP contribution in [0.1, 0.15) is 118 Å². The van der Waals surface area contributed by atoms with Gasteiger partial charge in [-0.05, 0) is 114 Å². The highest BCUT2D eigenvalue weighted by molar-refractivity contribution is 6.08. The third-order valence-electron chi connectivity index (χ3n) is 13.7. The van der Waals surface area contributed by atoms with Crippen LogP contribution in [-0.4, -0.2) is 101 Å². The fraction of sp³-hybridized carbons (Fsp3) is 0.578. The summed E-state index contributed by atoms with van der Waals surface area (Å²) < 4.78 is 40.8. The van der Waals surface area contributed by atoms with E-state index in [-0.39, 0.29) is 47.5 Å². The minimum atomic E-state index is -2.86. The van der Waals surface area contributed by atoms with Gasteiger partial charge in [-0.3, -0.25) is 33.5 Å². The van der Waals surface area contributed by atoms with E-state index in [1.807, 2.05) is 32.0 Å². The molecule has 3 saturated heterocycles. The molecule has 9 rings (SSSR count).